The summed E-state index contributed by atoms with van der Waals surface area (Å²) >= 11 is 1.85. The quantitative estimate of drug-likeness (QED) is 0.218. The van der Waals surface area contributed by atoms with Gasteiger partial charge in [0.05, 0.1) is 0 Å². The number of aromatic nitrogens is 2. The van der Waals surface area contributed by atoms with Crippen molar-refractivity contribution in [2.75, 3.05) is 0 Å². The average molecular weight is 555 g/mol. The third-order valence-corrected chi connectivity index (χ3v) is 9.41. The molecular weight excluding hydrogens is 532 g/mol. The van der Waals surface area contributed by atoms with Crippen molar-refractivity contribution in [2.24, 2.45) is 0 Å². The Hall–Kier alpha value is -5.32. The van der Waals surface area contributed by atoms with Gasteiger partial charge < -0.3 is 4.42 Å². The predicted molar refractivity (Wildman–Crippen MR) is 176 cm³/mol. The Morgan fingerprint density at radius 2 is 1.24 bits per heavy atom. The number of fused-ring (bicyclic) bond motifs is 7. The number of nitrogens with zero attached hydrogens (tertiary/aromatic N) is 2. The fourth-order valence-electron chi connectivity index (χ4n) is 6.20. The third-order valence-electron chi connectivity index (χ3n) is 8.19. The van der Waals surface area contributed by atoms with E-state index < -0.39 is 0 Å². The molecule has 6 aromatic carbocycles. The highest BCUT2D eigenvalue weighted by Crippen LogP contribution is 2.42. The number of rotatable bonds is 3. The number of benzene rings is 6. The first-order chi connectivity index (χ1) is 20.8. The maximum absolute atomic E-state index is 6.67. The highest BCUT2D eigenvalue weighted by Gasteiger charge is 2.18. The molecule has 3 nitrogen and oxygen atoms in total. The van der Waals surface area contributed by atoms with Gasteiger partial charge in [0.25, 0.3) is 0 Å². The summed E-state index contributed by atoms with van der Waals surface area (Å²) in [5, 5.41) is 6.01. The summed E-state index contributed by atoms with van der Waals surface area (Å²) in [6.45, 7) is 0. The van der Waals surface area contributed by atoms with Crippen molar-refractivity contribution in [3.8, 4) is 33.5 Å². The molecule has 0 spiro atoms. The summed E-state index contributed by atoms with van der Waals surface area (Å²) in [4.78, 5) is 9.43. The maximum Gasteiger partial charge on any atom is 0.180 e. The lowest BCUT2D eigenvalue weighted by molar-refractivity contribution is 0.668. The summed E-state index contributed by atoms with van der Waals surface area (Å²) in [7, 11) is 0. The summed E-state index contributed by atoms with van der Waals surface area (Å²) in [6.07, 6.45) is 1.65. The first-order valence-electron chi connectivity index (χ1n) is 14.0. The molecule has 9 aromatic rings. The average Bonchev–Trinajstić information content (AvgIpc) is 3.63. The van der Waals surface area contributed by atoms with Gasteiger partial charge in [-0.05, 0) is 51.7 Å². The van der Waals surface area contributed by atoms with Crippen molar-refractivity contribution < 1.29 is 4.42 Å². The van der Waals surface area contributed by atoms with Crippen LogP contribution in [-0.2, 0) is 0 Å². The molecule has 0 aliphatic heterocycles. The van der Waals surface area contributed by atoms with Crippen LogP contribution in [0.1, 0.15) is 0 Å². The van der Waals surface area contributed by atoms with Gasteiger partial charge in [-0.3, -0.25) is 0 Å². The van der Waals surface area contributed by atoms with Gasteiger partial charge in [-0.1, -0.05) is 103 Å². The number of thiophene rings is 1. The van der Waals surface area contributed by atoms with E-state index in [0.29, 0.717) is 5.58 Å². The first kappa shape index (κ1) is 23.4. The maximum atomic E-state index is 6.67. The highest BCUT2D eigenvalue weighted by atomic mass is 32.1. The summed E-state index contributed by atoms with van der Waals surface area (Å²) in [5.74, 6) is 0. The molecule has 0 aliphatic carbocycles. The van der Waals surface area contributed by atoms with E-state index in [1.807, 2.05) is 11.3 Å². The molecule has 0 N–H and O–H groups in total. The smallest absolute Gasteiger partial charge is 0.180 e. The molecule has 0 unspecified atom stereocenters. The number of hydrogen-bond acceptors (Lipinski definition) is 4. The van der Waals surface area contributed by atoms with E-state index in [1.54, 1.807) is 6.33 Å². The lowest BCUT2D eigenvalue weighted by Crippen LogP contribution is -1.87. The Bertz CT molecular complexity index is 2490. The second kappa shape index (κ2) is 9.10. The molecule has 42 heavy (non-hydrogen) atoms. The van der Waals surface area contributed by atoms with Crippen LogP contribution < -0.4 is 0 Å². The molecule has 9 rings (SSSR count). The van der Waals surface area contributed by atoms with Gasteiger partial charge in [0.2, 0.25) is 0 Å². The van der Waals surface area contributed by atoms with Crippen LogP contribution in [0.15, 0.2) is 138 Å². The second-order valence-electron chi connectivity index (χ2n) is 10.6. The van der Waals surface area contributed by atoms with E-state index >= 15 is 0 Å². The second-order valence-corrected chi connectivity index (χ2v) is 11.7. The zero-order chi connectivity index (χ0) is 27.6. The molecule has 196 valence electrons. The van der Waals surface area contributed by atoms with Gasteiger partial charge in [0, 0.05) is 36.7 Å². The normalized spacial score (nSPS) is 11.8. The Morgan fingerprint density at radius 3 is 2.19 bits per heavy atom. The van der Waals surface area contributed by atoms with E-state index in [-0.39, 0.29) is 0 Å². The SMILES string of the molecule is c1cc(-c2ncnc3c2oc2c(-c4ccc5ccccc5c4)cccc23)cc(-c2cccc3c2sc2ccccc23)c1. The van der Waals surface area contributed by atoms with E-state index in [0.717, 1.165) is 44.4 Å². The summed E-state index contributed by atoms with van der Waals surface area (Å²) < 4.78 is 9.27. The van der Waals surface area contributed by atoms with Crippen LogP contribution >= 0.6 is 11.3 Å². The largest absolute Gasteiger partial charge is 0.451 e. The molecule has 0 aliphatic rings. The van der Waals surface area contributed by atoms with Gasteiger partial charge >= 0.3 is 0 Å². The summed E-state index contributed by atoms with van der Waals surface area (Å²) in [6, 6.07) is 45.1. The fourth-order valence-corrected chi connectivity index (χ4v) is 7.43. The van der Waals surface area contributed by atoms with Crippen LogP contribution in [0, 0.1) is 0 Å². The van der Waals surface area contributed by atoms with Gasteiger partial charge in [-0.15, -0.1) is 11.3 Å². The number of hydrogen-bond donors (Lipinski definition) is 0. The van der Waals surface area contributed by atoms with Crippen LogP contribution in [0.5, 0.6) is 0 Å². The van der Waals surface area contributed by atoms with Crippen LogP contribution in [0.3, 0.4) is 0 Å². The van der Waals surface area contributed by atoms with Crippen LogP contribution in [0.2, 0.25) is 0 Å². The lowest BCUT2D eigenvalue weighted by Gasteiger charge is -2.07. The van der Waals surface area contributed by atoms with Gasteiger partial charge in [-0.25, -0.2) is 9.97 Å². The minimum Gasteiger partial charge on any atom is -0.451 e. The Morgan fingerprint density at radius 1 is 0.500 bits per heavy atom. The van der Waals surface area contributed by atoms with Crippen molar-refractivity contribution in [3.05, 3.63) is 134 Å². The van der Waals surface area contributed by atoms with Crippen molar-refractivity contribution in [1.82, 2.24) is 9.97 Å². The Labute approximate surface area is 245 Å². The molecule has 3 heterocycles. The molecule has 3 aromatic heterocycles. The minimum atomic E-state index is 0.706. The van der Waals surface area contributed by atoms with E-state index in [1.165, 1.54) is 36.5 Å². The Kier molecular flexibility index (Phi) is 5.07. The predicted octanol–water partition coefficient (Wildman–Crippen LogP) is 10.9. The van der Waals surface area contributed by atoms with Crippen molar-refractivity contribution in [1.29, 1.82) is 0 Å². The minimum absolute atomic E-state index is 0.706. The standard InChI is InChI=1S/C38H22N2OS/c1-2-9-24-20-26(19-18-23(24)8-1)28-13-6-16-32-35-37(41-36(28)32)34(39-22-40-35)27-11-5-10-25(21-27)29-14-7-15-31-30-12-3-4-17-33(30)42-38(29)31/h1-22H. The molecular formula is C38H22N2OS. The fraction of sp³-hybridized carbons (Fsp3) is 0. The zero-order valence-corrected chi connectivity index (χ0v) is 23.2. The molecule has 0 saturated heterocycles. The third kappa shape index (κ3) is 3.52. The number of furan rings is 1. The first-order valence-corrected chi connectivity index (χ1v) is 14.8. The van der Waals surface area contributed by atoms with Crippen LogP contribution in [0.25, 0.3) is 86.5 Å². The van der Waals surface area contributed by atoms with Crippen molar-refractivity contribution in [2.45, 2.75) is 0 Å². The van der Waals surface area contributed by atoms with Crippen molar-refractivity contribution >= 4 is 64.4 Å². The molecule has 0 bridgehead atoms. The highest BCUT2D eigenvalue weighted by molar-refractivity contribution is 7.26. The monoisotopic (exact) mass is 554 g/mol. The van der Waals surface area contributed by atoms with Crippen LogP contribution in [-0.4, -0.2) is 9.97 Å². The van der Waals surface area contributed by atoms with Gasteiger partial charge in [0.15, 0.2) is 5.58 Å². The molecule has 0 fully saturated rings. The van der Waals surface area contributed by atoms with E-state index in [9.17, 15) is 0 Å². The van der Waals surface area contributed by atoms with E-state index in [2.05, 4.69) is 132 Å². The van der Waals surface area contributed by atoms with Crippen LogP contribution in [0.4, 0.5) is 0 Å². The summed E-state index contributed by atoms with van der Waals surface area (Å²) in [5.41, 5.74) is 8.71. The zero-order valence-electron chi connectivity index (χ0n) is 22.4. The van der Waals surface area contributed by atoms with E-state index in [4.69, 9.17) is 9.40 Å². The Balaban J connectivity index is 1.22. The molecule has 4 heteroatoms. The van der Waals surface area contributed by atoms with Gasteiger partial charge in [0.1, 0.15) is 23.1 Å². The molecule has 0 saturated carbocycles. The topological polar surface area (TPSA) is 38.9 Å². The number of para-hydroxylation sites is 1. The van der Waals surface area contributed by atoms with Gasteiger partial charge in [-0.2, -0.15) is 0 Å². The molecule has 0 amide bonds. The molecule has 0 atom stereocenters. The molecule has 0 radical (unpaired) electrons. The van der Waals surface area contributed by atoms with Crippen molar-refractivity contribution in [3.63, 3.8) is 0 Å². The lowest BCUT2D eigenvalue weighted by atomic mass is 9.99.